The van der Waals surface area contributed by atoms with Gasteiger partial charge in [-0.25, -0.2) is 4.79 Å². The van der Waals surface area contributed by atoms with Crippen LogP contribution < -0.4 is 15.4 Å². The summed E-state index contributed by atoms with van der Waals surface area (Å²) in [5.41, 5.74) is 1.57. The van der Waals surface area contributed by atoms with E-state index in [-0.39, 0.29) is 6.03 Å². The molecule has 2 rings (SSSR count). The number of anilines is 1. The predicted octanol–water partition coefficient (Wildman–Crippen LogP) is 4.53. The van der Waals surface area contributed by atoms with Gasteiger partial charge in [-0.05, 0) is 42.8 Å². The highest BCUT2D eigenvalue weighted by molar-refractivity contribution is 6.30. The molecule has 0 bridgehead atoms. The molecule has 0 heterocycles. The molecule has 4 nitrogen and oxygen atoms in total. The average molecular weight is 317 g/mol. The lowest BCUT2D eigenvalue weighted by atomic mass is 10.2. The molecule has 0 aliphatic heterocycles. The van der Waals surface area contributed by atoms with E-state index >= 15 is 0 Å². The number of ether oxygens (including phenoxy) is 1. The zero-order valence-corrected chi connectivity index (χ0v) is 12.9. The summed E-state index contributed by atoms with van der Waals surface area (Å²) in [4.78, 5) is 11.9. The van der Waals surface area contributed by atoms with Gasteiger partial charge in [0.1, 0.15) is 5.75 Å². The van der Waals surface area contributed by atoms with Gasteiger partial charge in [0.25, 0.3) is 0 Å². The van der Waals surface area contributed by atoms with E-state index in [1.54, 1.807) is 30.5 Å². The summed E-state index contributed by atoms with van der Waals surface area (Å²) >= 11 is 5.81. The Morgan fingerprint density at radius 1 is 1.18 bits per heavy atom. The first-order chi connectivity index (χ1) is 10.7. The van der Waals surface area contributed by atoms with Gasteiger partial charge in [0.2, 0.25) is 0 Å². The molecule has 2 aromatic rings. The Bertz CT molecular complexity index is 654. The van der Waals surface area contributed by atoms with E-state index in [1.165, 1.54) is 0 Å². The number of benzene rings is 2. The van der Waals surface area contributed by atoms with E-state index in [2.05, 4.69) is 10.6 Å². The van der Waals surface area contributed by atoms with Crippen LogP contribution in [-0.2, 0) is 0 Å². The lowest BCUT2D eigenvalue weighted by Crippen LogP contribution is -2.24. The summed E-state index contributed by atoms with van der Waals surface area (Å²) in [6, 6.07) is 14.3. The molecule has 2 N–H and O–H groups in total. The highest BCUT2D eigenvalue weighted by Crippen LogP contribution is 2.23. The van der Waals surface area contributed by atoms with Crippen molar-refractivity contribution in [3.8, 4) is 5.75 Å². The standard InChI is InChI=1S/C17H17ClN2O2/c1-2-22-16-6-4-3-5-15(16)20-17(21)19-12-11-13-7-9-14(18)10-8-13/h3-12H,2H2,1H3,(H2,19,20,21)/b12-11+. The van der Waals surface area contributed by atoms with Gasteiger partial charge in [0.05, 0.1) is 12.3 Å². The fraction of sp³-hybridized carbons (Fsp3) is 0.118. The van der Waals surface area contributed by atoms with Gasteiger partial charge in [-0.15, -0.1) is 0 Å². The van der Waals surface area contributed by atoms with Crippen molar-refractivity contribution >= 4 is 29.4 Å². The van der Waals surface area contributed by atoms with Gasteiger partial charge in [-0.2, -0.15) is 0 Å². The smallest absolute Gasteiger partial charge is 0.323 e. The van der Waals surface area contributed by atoms with Crippen LogP contribution in [0.4, 0.5) is 10.5 Å². The van der Waals surface area contributed by atoms with Gasteiger partial charge in [0, 0.05) is 11.2 Å². The molecule has 0 spiro atoms. The van der Waals surface area contributed by atoms with Crippen molar-refractivity contribution < 1.29 is 9.53 Å². The van der Waals surface area contributed by atoms with Gasteiger partial charge >= 0.3 is 6.03 Å². The summed E-state index contributed by atoms with van der Waals surface area (Å²) in [5.74, 6) is 0.641. The maximum Gasteiger partial charge on any atom is 0.323 e. The normalized spacial score (nSPS) is 10.5. The van der Waals surface area contributed by atoms with Crippen molar-refractivity contribution in [3.05, 3.63) is 65.3 Å². The minimum absolute atomic E-state index is 0.336. The molecule has 22 heavy (non-hydrogen) atoms. The predicted molar refractivity (Wildman–Crippen MR) is 90.3 cm³/mol. The van der Waals surface area contributed by atoms with Crippen LogP contribution in [-0.4, -0.2) is 12.6 Å². The van der Waals surface area contributed by atoms with Crippen LogP contribution in [0.25, 0.3) is 6.08 Å². The van der Waals surface area contributed by atoms with Gasteiger partial charge in [0.15, 0.2) is 0 Å². The second-order valence-electron chi connectivity index (χ2n) is 4.41. The first-order valence-electron chi connectivity index (χ1n) is 6.90. The second kappa shape index (κ2) is 8.10. The molecular weight excluding hydrogens is 300 g/mol. The minimum Gasteiger partial charge on any atom is -0.492 e. The number of amides is 2. The van der Waals surface area contributed by atoms with Crippen LogP contribution in [0.15, 0.2) is 54.7 Å². The van der Waals surface area contributed by atoms with E-state index in [0.717, 1.165) is 5.56 Å². The summed E-state index contributed by atoms with van der Waals surface area (Å²) in [6.45, 7) is 2.43. The zero-order valence-electron chi connectivity index (χ0n) is 12.2. The van der Waals surface area contributed by atoms with Crippen molar-refractivity contribution in [1.29, 1.82) is 0 Å². The number of halogens is 1. The molecule has 0 saturated carbocycles. The number of hydrogen-bond donors (Lipinski definition) is 2. The van der Waals surface area contributed by atoms with Crippen molar-refractivity contribution in [2.45, 2.75) is 6.92 Å². The molecular formula is C17H17ClN2O2. The van der Waals surface area contributed by atoms with Crippen LogP contribution in [0.3, 0.4) is 0 Å². The lowest BCUT2D eigenvalue weighted by Gasteiger charge is -2.10. The molecule has 2 amide bonds. The molecule has 114 valence electrons. The molecule has 0 radical (unpaired) electrons. The molecule has 0 aliphatic rings. The number of carbonyl (C=O) groups excluding carboxylic acids is 1. The van der Waals surface area contributed by atoms with Crippen LogP contribution in [0.5, 0.6) is 5.75 Å². The van der Waals surface area contributed by atoms with Gasteiger partial charge in [-0.1, -0.05) is 35.9 Å². The average Bonchev–Trinajstić information content (AvgIpc) is 2.51. The molecule has 0 saturated heterocycles. The Morgan fingerprint density at radius 3 is 2.64 bits per heavy atom. The largest absolute Gasteiger partial charge is 0.492 e. The molecule has 2 aromatic carbocycles. The summed E-state index contributed by atoms with van der Waals surface area (Å²) < 4.78 is 5.45. The molecule has 0 atom stereocenters. The van der Waals surface area contributed by atoms with E-state index in [1.807, 2.05) is 37.3 Å². The van der Waals surface area contributed by atoms with Crippen molar-refractivity contribution in [3.63, 3.8) is 0 Å². The van der Waals surface area contributed by atoms with Crippen LogP contribution in [0, 0.1) is 0 Å². The Hall–Kier alpha value is -2.46. The SMILES string of the molecule is CCOc1ccccc1NC(=O)N/C=C/c1ccc(Cl)cc1. The fourth-order valence-electron chi connectivity index (χ4n) is 1.80. The monoisotopic (exact) mass is 316 g/mol. The Balaban J connectivity index is 1.92. The van der Waals surface area contributed by atoms with Gasteiger partial charge in [-0.3, -0.25) is 0 Å². The zero-order chi connectivity index (χ0) is 15.8. The van der Waals surface area contributed by atoms with E-state index < -0.39 is 0 Å². The topological polar surface area (TPSA) is 50.4 Å². The van der Waals surface area contributed by atoms with E-state index in [4.69, 9.17) is 16.3 Å². The number of para-hydroxylation sites is 2. The summed E-state index contributed by atoms with van der Waals surface area (Å²) in [6.07, 6.45) is 3.35. The number of hydrogen-bond acceptors (Lipinski definition) is 2. The molecule has 5 heteroatoms. The summed E-state index contributed by atoms with van der Waals surface area (Å²) in [5, 5.41) is 6.06. The maximum atomic E-state index is 11.9. The third-order valence-electron chi connectivity index (χ3n) is 2.80. The number of rotatable bonds is 5. The molecule has 0 aromatic heterocycles. The quantitative estimate of drug-likeness (QED) is 0.851. The Labute approximate surface area is 134 Å². The van der Waals surface area contributed by atoms with Gasteiger partial charge < -0.3 is 15.4 Å². The molecule has 0 unspecified atom stereocenters. The number of urea groups is 1. The van der Waals surface area contributed by atoms with E-state index in [9.17, 15) is 4.79 Å². The lowest BCUT2D eigenvalue weighted by molar-refractivity contribution is 0.255. The third kappa shape index (κ3) is 4.82. The maximum absolute atomic E-state index is 11.9. The second-order valence-corrected chi connectivity index (χ2v) is 4.85. The van der Waals surface area contributed by atoms with Crippen LogP contribution >= 0.6 is 11.6 Å². The van der Waals surface area contributed by atoms with Crippen molar-refractivity contribution in [2.24, 2.45) is 0 Å². The number of nitrogens with one attached hydrogen (secondary N) is 2. The fourth-order valence-corrected chi connectivity index (χ4v) is 1.92. The Morgan fingerprint density at radius 2 is 1.91 bits per heavy atom. The first kappa shape index (κ1) is 15.9. The van der Waals surface area contributed by atoms with E-state index in [0.29, 0.717) is 23.1 Å². The van der Waals surface area contributed by atoms with Crippen LogP contribution in [0.2, 0.25) is 5.02 Å². The molecule has 0 aliphatic carbocycles. The summed E-state index contributed by atoms with van der Waals surface area (Å²) in [7, 11) is 0. The molecule has 0 fully saturated rings. The first-order valence-corrected chi connectivity index (χ1v) is 7.28. The third-order valence-corrected chi connectivity index (χ3v) is 3.05. The van der Waals surface area contributed by atoms with Crippen molar-refractivity contribution in [2.75, 3.05) is 11.9 Å². The van der Waals surface area contributed by atoms with Crippen LogP contribution in [0.1, 0.15) is 12.5 Å². The Kier molecular flexibility index (Phi) is 5.86. The highest BCUT2D eigenvalue weighted by atomic mass is 35.5. The van der Waals surface area contributed by atoms with Crippen molar-refractivity contribution in [1.82, 2.24) is 5.32 Å². The highest BCUT2D eigenvalue weighted by Gasteiger charge is 2.05. The number of carbonyl (C=O) groups is 1. The minimum atomic E-state index is -0.336.